The molecule has 160 valence electrons. The molecule has 0 N–H and O–H groups in total. The van der Waals surface area contributed by atoms with Crippen LogP contribution in [0.1, 0.15) is 34.8 Å². The molecule has 0 spiro atoms. The molecule has 0 atom stereocenters. The summed E-state index contributed by atoms with van der Waals surface area (Å²) in [5.74, 6) is 0.717. The highest BCUT2D eigenvalue weighted by molar-refractivity contribution is 7.22. The molecule has 0 aliphatic carbocycles. The summed E-state index contributed by atoms with van der Waals surface area (Å²) in [7, 11) is 0. The summed E-state index contributed by atoms with van der Waals surface area (Å²) in [6.07, 6.45) is 6.28. The van der Waals surface area contributed by atoms with Crippen LogP contribution >= 0.6 is 11.3 Å². The maximum Gasteiger partial charge on any atom is 0.260 e. The first-order valence-electron chi connectivity index (χ1n) is 10.4. The Morgan fingerprint density at radius 3 is 2.71 bits per heavy atom. The molecule has 0 saturated carbocycles. The fraction of sp³-hybridized carbons (Fsp3) is 0.292. The number of fused-ring (bicyclic) bond motifs is 1. The first-order valence-corrected chi connectivity index (χ1v) is 11.2. The van der Waals surface area contributed by atoms with Crippen LogP contribution < -0.4 is 9.64 Å². The van der Waals surface area contributed by atoms with E-state index in [0.717, 1.165) is 40.1 Å². The van der Waals surface area contributed by atoms with E-state index in [4.69, 9.17) is 9.72 Å². The van der Waals surface area contributed by atoms with Crippen LogP contribution in [0.15, 0.2) is 55.1 Å². The van der Waals surface area contributed by atoms with Gasteiger partial charge in [0.05, 0.1) is 17.6 Å². The van der Waals surface area contributed by atoms with E-state index in [2.05, 4.69) is 11.1 Å². The van der Waals surface area contributed by atoms with Crippen molar-refractivity contribution in [2.24, 2.45) is 0 Å². The van der Waals surface area contributed by atoms with Gasteiger partial charge in [-0.2, -0.15) is 0 Å². The molecule has 0 bridgehead atoms. The molecule has 2 heterocycles. The standard InChI is InChI=1S/C24H26N4O2S/c1-4-30-20-7-5-8-21-22(20)26-24(31-21)28(11-6-10-27-12-9-25-16-27)23(29)19-14-17(2)13-18(3)15-19/h5,7-9,12-16H,4,6,10-11H2,1-3H3. The van der Waals surface area contributed by atoms with Gasteiger partial charge in [0, 0.05) is 31.0 Å². The van der Waals surface area contributed by atoms with E-state index >= 15 is 0 Å². The van der Waals surface area contributed by atoms with Gasteiger partial charge in [-0.05, 0) is 51.5 Å². The topological polar surface area (TPSA) is 60.2 Å². The van der Waals surface area contributed by atoms with Crippen molar-refractivity contribution in [2.45, 2.75) is 33.7 Å². The van der Waals surface area contributed by atoms with E-state index in [1.807, 2.05) is 61.9 Å². The number of hydrogen-bond acceptors (Lipinski definition) is 5. The number of amides is 1. The average molecular weight is 435 g/mol. The van der Waals surface area contributed by atoms with Crippen LogP contribution in [0.4, 0.5) is 5.13 Å². The predicted molar refractivity (Wildman–Crippen MR) is 125 cm³/mol. The molecule has 0 radical (unpaired) electrons. The summed E-state index contributed by atoms with van der Waals surface area (Å²) >= 11 is 1.52. The summed E-state index contributed by atoms with van der Waals surface area (Å²) in [5, 5.41) is 0.692. The third-order valence-corrected chi connectivity index (χ3v) is 6.02. The molecule has 0 aliphatic rings. The minimum absolute atomic E-state index is 0.0329. The number of ether oxygens (including phenoxy) is 1. The van der Waals surface area contributed by atoms with E-state index in [9.17, 15) is 4.79 Å². The molecule has 0 aliphatic heterocycles. The van der Waals surface area contributed by atoms with Crippen molar-refractivity contribution in [1.82, 2.24) is 14.5 Å². The van der Waals surface area contributed by atoms with E-state index in [-0.39, 0.29) is 5.91 Å². The molecule has 2 aromatic heterocycles. The number of aromatic nitrogens is 3. The highest BCUT2D eigenvalue weighted by Crippen LogP contribution is 2.35. The molecule has 2 aromatic carbocycles. The fourth-order valence-electron chi connectivity index (χ4n) is 3.67. The zero-order valence-electron chi connectivity index (χ0n) is 18.0. The van der Waals surface area contributed by atoms with Crippen LogP contribution in [0.3, 0.4) is 0 Å². The minimum Gasteiger partial charge on any atom is -0.492 e. The van der Waals surface area contributed by atoms with Gasteiger partial charge in [0.15, 0.2) is 5.13 Å². The second-order valence-corrected chi connectivity index (χ2v) is 8.53. The van der Waals surface area contributed by atoms with Gasteiger partial charge in [0.2, 0.25) is 0 Å². The number of hydrogen-bond donors (Lipinski definition) is 0. The first-order chi connectivity index (χ1) is 15.0. The van der Waals surface area contributed by atoms with Crippen LogP contribution in [-0.2, 0) is 6.54 Å². The normalized spacial score (nSPS) is 11.1. The highest BCUT2D eigenvalue weighted by atomic mass is 32.1. The van der Waals surface area contributed by atoms with Crippen LogP contribution in [0.25, 0.3) is 10.2 Å². The number of rotatable bonds is 8. The first kappa shape index (κ1) is 21.1. The van der Waals surface area contributed by atoms with Gasteiger partial charge >= 0.3 is 0 Å². The molecule has 0 saturated heterocycles. The van der Waals surface area contributed by atoms with Crippen molar-refractivity contribution in [3.63, 3.8) is 0 Å². The van der Waals surface area contributed by atoms with Crippen LogP contribution in [0.5, 0.6) is 5.75 Å². The van der Waals surface area contributed by atoms with Gasteiger partial charge in [-0.3, -0.25) is 9.69 Å². The molecule has 6 nitrogen and oxygen atoms in total. The lowest BCUT2D eigenvalue weighted by atomic mass is 10.1. The number of aryl methyl sites for hydroxylation is 3. The maximum absolute atomic E-state index is 13.6. The Labute approximate surface area is 186 Å². The lowest BCUT2D eigenvalue weighted by molar-refractivity contribution is 0.0986. The van der Waals surface area contributed by atoms with E-state index < -0.39 is 0 Å². The molecule has 7 heteroatoms. The van der Waals surface area contributed by atoms with Crippen LogP contribution in [-0.4, -0.2) is 33.6 Å². The smallest absolute Gasteiger partial charge is 0.260 e. The van der Waals surface area contributed by atoms with Crippen molar-refractivity contribution < 1.29 is 9.53 Å². The van der Waals surface area contributed by atoms with E-state index in [0.29, 0.717) is 23.8 Å². The number of carbonyl (C=O) groups excluding carboxylic acids is 1. The summed E-state index contributed by atoms with van der Waals surface area (Å²) < 4.78 is 8.78. The quantitative estimate of drug-likeness (QED) is 0.380. The number of anilines is 1. The van der Waals surface area contributed by atoms with Gasteiger partial charge in [-0.15, -0.1) is 0 Å². The monoisotopic (exact) mass is 434 g/mol. The number of carbonyl (C=O) groups is 1. The van der Waals surface area contributed by atoms with Gasteiger partial charge in [-0.1, -0.05) is 34.6 Å². The number of para-hydroxylation sites is 1. The molecule has 4 aromatic rings. The lowest BCUT2D eigenvalue weighted by Crippen LogP contribution is -2.32. The van der Waals surface area contributed by atoms with Gasteiger partial charge in [-0.25, -0.2) is 9.97 Å². The molecule has 0 unspecified atom stereocenters. The number of benzene rings is 2. The van der Waals surface area contributed by atoms with Gasteiger partial charge < -0.3 is 9.30 Å². The maximum atomic E-state index is 13.6. The fourth-order valence-corrected chi connectivity index (χ4v) is 4.67. The molecule has 1 amide bonds. The number of imidazole rings is 1. The molecule has 0 fully saturated rings. The van der Waals surface area contributed by atoms with Crippen LogP contribution in [0, 0.1) is 13.8 Å². The van der Waals surface area contributed by atoms with Crippen molar-refractivity contribution >= 4 is 32.6 Å². The van der Waals surface area contributed by atoms with Crippen molar-refractivity contribution in [1.29, 1.82) is 0 Å². The minimum atomic E-state index is -0.0329. The third-order valence-electron chi connectivity index (χ3n) is 4.97. The molecular weight excluding hydrogens is 408 g/mol. The summed E-state index contributed by atoms with van der Waals surface area (Å²) in [5.41, 5.74) is 3.64. The Hall–Kier alpha value is -3.19. The summed E-state index contributed by atoms with van der Waals surface area (Å²) in [6.45, 7) is 7.90. The zero-order chi connectivity index (χ0) is 21.8. The Morgan fingerprint density at radius 1 is 1.19 bits per heavy atom. The number of nitrogens with zero attached hydrogens (tertiary/aromatic N) is 4. The Balaban J connectivity index is 1.68. The van der Waals surface area contributed by atoms with Gasteiger partial charge in [0.25, 0.3) is 5.91 Å². The summed E-state index contributed by atoms with van der Waals surface area (Å²) in [4.78, 5) is 24.3. The predicted octanol–water partition coefficient (Wildman–Crippen LogP) is 5.25. The summed E-state index contributed by atoms with van der Waals surface area (Å²) in [6, 6.07) is 11.9. The third kappa shape index (κ3) is 4.77. The second-order valence-electron chi connectivity index (χ2n) is 7.52. The molecular formula is C24H26N4O2S. The van der Waals surface area contributed by atoms with E-state index in [1.54, 1.807) is 17.4 Å². The SMILES string of the molecule is CCOc1cccc2sc(N(CCCn3ccnc3)C(=O)c3cc(C)cc(C)c3)nc12. The molecule has 4 rings (SSSR count). The zero-order valence-corrected chi connectivity index (χ0v) is 18.9. The Kier molecular flexibility index (Phi) is 6.32. The van der Waals surface area contributed by atoms with E-state index in [1.165, 1.54) is 11.3 Å². The second kappa shape index (κ2) is 9.31. The lowest BCUT2D eigenvalue weighted by Gasteiger charge is -2.20. The van der Waals surface area contributed by atoms with Gasteiger partial charge in [0.1, 0.15) is 11.3 Å². The van der Waals surface area contributed by atoms with Crippen molar-refractivity contribution in [3.05, 3.63) is 71.8 Å². The average Bonchev–Trinajstić information content (AvgIpc) is 3.40. The Morgan fingerprint density at radius 2 is 2.00 bits per heavy atom. The molecule has 31 heavy (non-hydrogen) atoms. The number of thiazole rings is 1. The Bertz CT molecular complexity index is 1160. The van der Waals surface area contributed by atoms with Crippen LogP contribution in [0.2, 0.25) is 0 Å². The largest absolute Gasteiger partial charge is 0.492 e. The highest BCUT2D eigenvalue weighted by Gasteiger charge is 2.22. The van der Waals surface area contributed by atoms with Crippen molar-refractivity contribution in [2.75, 3.05) is 18.1 Å². The van der Waals surface area contributed by atoms with Crippen molar-refractivity contribution in [3.8, 4) is 5.75 Å².